The van der Waals surface area contributed by atoms with Crippen molar-refractivity contribution < 1.29 is 22.9 Å². The fourth-order valence-electron chi connectivity index (χ4n) is 3.18. The maximum Gasteiger partial charge on any atom is 0.269 e. The van der Waals surface area contributed by atoms with Crippen LogP contribution in [0.1, 0.15) is 24.5 Å². The highest BCUT2D eigenvalue weighted by Gasteiger charge is 2.25. The molecule has 10 heteroatoms. The van der Waals surface area contributed by atoms with Gasteiger partial charge in [-0.1, -0.05) is 30.3 Å². The molecule has 1 unspecified atom stereocenters. The average molecular weight is 433 g/mol. The average Bonchev–Trinajstić information content (AvgIpc) is 2.77. The van der Waals surface area contributed by atoms with Crippen LogP contribution in [0.3, 0.4) is 0 Å². The fraction of sp³-hybridized carbons (Fsp3) is 0.350. The third-order valence-corrected chi connectivity index (χ3v) is 6.28. The van der Waals surface area contributed by atoms with E-state index < -0.39 is 14.9 Å². The number of sulfonamides is 1. The number of amides is 1. The van der Waals surface area contributed by atoms with E-state index in [9.17, 15) is 23.3 Å². The minimum Gasteiger partial charge on any atom is -0.370 e. The van der Waals surface area contributed by atoms with Gasteiger partial charge in [0, 0.05) is 31.6 Å². The number of nitrogens with zero attached hydrogens (tertiary/aromatic N) is 2. The zero-order valence-corrected chi connectivity index (χ0v) is 17.1. The largest absolute Gasteiger partial charge is 0.370 e. The second-order valence-electron chi connectivity index (χ2n) is 6.86. The van der Waals surface area contributed by atoms with E-state index in [1.807, 2.05) is 30.3 Å². The van der Waals surface area contributed by atoms with Gasteiger partial charge in [0.1, 0.15) is 6.10 Å². The summed E-state index contributed by atoms with van der Waals surface area (Å²) < 4.78 is 32.7. The highest BCUT2D eigenvalue weighted by atomic mass is 32.2. The highest BCUT2D eigenvalue weighted by molar-refractivity contribution is 7.89. The van der Waals surface area contributed by atoms with Crippen LogP contribution in [0, 0.1) is 10.1 Å². The predicted molar refractivity (Wildman–Crippen MR) is 109 cm³/mol. The van der Waals surface area contributed by atoms with Crippen molar-refractivity contribution in [1.29, 1.82) is 0 Å². The van der Waals surface area contributed by atoms with Gasteiger partial charge in [-0.2, -0.15) is 0 Å². The summed E-state index contributed by atoms with van der Waals surface area (Å²) in [6.07, 6.45) is 0.396. The lowest BCUT2D eigenvalue weighted by molar-refractivity contribution is -0.384. The molecule has 0 aliphatic carbocycles. The Labute approximate surface area is 174 Å². The van der Waals surface area contributed by atoms with Crippen LogP contribution in [0.2, 0.25) is 0 Å². The number of hydrogen-bond acceptors (Lipinski definition) is 6. The number of rotatable bonds is 8. The van der Waals surface area contributed by atoms with Gasteiger partial charge in [0.2, 0.25) is 15.9 Å². The summed E-state index contributed by atoms with van der Waals surface area (Å²) in [4.78, 5) is 24.3. The molecule has 2 aromatic rings. The number of benzene rings is 2. The van der Waals surface area contributed by atoms with Crippen LogP contribution < -0.4 is 4.72 Å². The zero-order chi connectivity index (χ0) is 21.6. The fourth-order valence-corrected chi connectivity index (χ4v) is 4.25. The second-order valence-corrected chi connectivity index (χ2v) is 8.63. The van der Waals surface area contributed by atoms with Crippen molar-refractivity contribution in [1.82, 2.24) is 9.62 Å². The Morgan fingerprint density at radius 2 is 1.87 bits per heavy atom. The summed E-state index contributed by atoms with van der Waals surface area (Å²) >= 11 is 0. The van der Waals surface area contributed by atoms with E-state index in [4.69, 9.17) is 4.74 Å². The maximum atomic E-state index is 12.5. The molecule has 1 fully saturated rings. The van der Waals surface area contributed by atoms with Crippen LogP contribution >= 0.6 is 0 Å². The van der Waals surface area contributed by atoms with Gasteiger partial charge < -0.3 is 9.64 Å². The Hall–Kier alpha value is -2.82. The minimum atomic E-state index is -3.79. The lowest BCUT2D eigenvalue weighted by atomic mass is 10.1. The molecule has 160 valence electrons. The molecule has 0 spiro atoms. The number of carbonyl (C=O) groups is 1. The number of nitro groups is 1. The normalized spacial score (nSPS) is 16.9. The predicted octanol–water partition coefficient (Wildman–Crippen LogP) is 2.25. The van der Waals surface area contributed by atoms with Gasteiger partial charge in [0.15, 0.2) is 0 Å². The molecule has 1 amide bonds. The van der Waals surface area contributed by atoms with Gasteiger partial charge in [-0.15, -0.1) is 0 Å². The standard InChI is InChI=1S/C20H23N3O6S/c24-20(22-13-14-29-19(15-22)16-5-2-1-3-6-16)7-4-12-21-30(27,28)18-10-8-17(9-11-18)23(25)26/h1-3,5-6,8-11,19,21H,4,7,12-15H2. The van der Waals surface area contributed by atoms with Crippen molar-refractivity contribution in [2.45, 2.75) is 23.8 Å². The SMILES string of the molecule is O=C(CCCNS(=O)(=O)c1ccc([N+](=O)[O-])cc1)N1CCOC(c2ccccc2)C1. The first-order chi connectivity index (χ1) is 14.4. The molecule has 1 saturated heterocycles. The van der Waals surface area contributed by atoms with Crippen molar-refractivity contribution in [3.63, 3.8) is 0 Å². The van der Waals surface area contributed by atoms with Crippen molar-refractivity contribution in [2.75, 3.05) is 26.2 Å². The molecule has 0 aromatic heterocycles. The lowest BCUT2D eigenvalue weighted by Crippen LogP contribution is -2.42. The summed E-state index contributed by atoms with van der Waals surface area (Å²) in [5.74, 6) is -0.0474. The number of nitrogens with one attached hydrogen (secondary N) is 1. The molecule has 30 heavy (non-hydrogen) atoms. The van der Waals surface area contributed by atoms with Crippen LogP contribution in [-0.2, 0) is 19.6 Å². The summed E-state index contributed by atoms with van der Waals surface area (Å²) in [5, 5.41) is 10.7. The van der Waals surface area contributed by atoms with Gasteiger partial charge in [-0.05, 0) is 24.1 Å². The van der Waals surface area contributed by atoms with Gasteiger partial charge in [0.25, 0.3) is 5.69 Å². The van der Waals surface area contributed by atoms with Gasteiger partial charge in [-0.3, -0.25) is 14.9 Å². The number of hydrogen-bond donors (Lipinski definition) is 1. The monoisotopic (exact) mass is 433 g/mol. The van der Waals surface area contributed by atoms with Gasteiger partial charge >= 0.3 is 0 Å². The molecule has 9 nitrogen and oxygen atoms in total. The molecule has 0 saturated carbocycles. The summed E-state index contributed by atoms with van der Waals surface area (Å²) in [6, 6.07) is 14.3. The van der Waals surface area contributed by atoms with Crippen molar-refractivity contribution in [3.8, 4) is 0 Å². The molecule has 1 heterocycles. The third kappa shape index (κ3) is 5.62. The second kappa shape index (κ2) is 9.79. The Kier molecular flexibility index (Phi) is 7.14. The van der Waals surface area contributed by atoms with Crippen molar-refractivity contribution in [2.24, 2.45) is 0 Å². The molecule has 1 N–H and O–H groups in total. The first-order valence-corrected chi connectivity index (χ1v) is 11.0. The molecule has 0 radical (unpaired) electrons. The van der Waals surface area contributed by atoms with E-state index in [0.29, 0.717) is 26.1 Å². The quantitative estimate of drug-likeness (QED) is 0.387. The summed E-state index contributed by atoms with van der Waals surface area (Å²) in [6.45, 7) is 1.53. The summed E-state index contributed by atoms with van der Waals surface area (Å²) in [7, 11) is -3.79. The smallest absolute Gasteiger partial charge is 0.269 e. The maximum absolute atomic E-state index is 12.5. The van der Waals surface area contributed by atoms with Crippen LogP contribution in [-0.4, -0.2) is 50.4 Å². The topological polar surface area (TPSA) is 119 Å². The first-order valence-electron chi connectivity index (χ1n) is 9.55. The number of morpholine rings is 1. The highest BCUT2D eigenvalue weighted by Crippen LogP contribution is 2.22. The Morgan fingerprint density at radius 1 is 1.17 bits per heavy atom. The molecule has 1 aliphatic heterocycles. The number of carbonyl (C=O) groups excluding carboxylic acids is 1. The zero-order valence-electron chi connectivity index (χ0n) is 16.3. The van der Waals surface area contributed by atoms with Crippen LogP contribution in [0.5, 0.6) is 0 Å². The van der Waals surface area contributed by atoms with Crippen LogP contribution in [0.15, 0.2) is 59.5 Å². The first kappa shape index (κ1) is 21.9. The van der Waals surface area contributed by atoms with E-state index >= 15 is 0 Å². The van der Waals surface area contributed by atoms with Crippen LogP contribution in [0.4, 0.5) is 5.69 Å². The van der Waals surface area contributed by atoms with Crippen molar-refractivity contribution in [3.05, 3.63) is 70.3 Å². The molecule has 2 aromatic carbocycles. The number of ether oxygens (including phenoxy) is 1. The van der Waals surface area contributed by atoms with Gasteiger partial charge in [-0.25, -0.2) is 13.1 Å². The minimum absolute atomic E-state index is 0.0474. The van der Waals surface area contributed by atoms with E-state index in [-0.39, 0.29) is 35.6 Å². The number of nitro benzene ring substituents is 1. The Balaban J connectivity index is 1.46. The van der Waals surface area contributed by atoms with Gasteiger partial charge in [0.05, 0.1) is 23.0 Å². The molecule has 0 bridgehead atoms. The Bertz CT molecular complexity index is 979. The molecular weight excluding hydrogens is 410 g/mol. The lowest BCUT2D eigenvalue weighted by Gasteiger charge is -2.33. The van der Waals surface area contributed by atoms with E-state index in [2.05, 4.69) is 4.72 Å². The molecule has 3 rings (SSSR count). The molecule has 1 aliphatic rings. The van der Waals surface area contributed by atoms with E-state index in [1.165, 1.54) is 12.1 Å². The summed E-state index contributed by atoms with van der Waals surface area (Å²) in [5.41, 5.74) is 0.838. The van der Waals surface area contributed by atoms with Crippen molar-refractivity contribution >= 4 is 21.6 Å². The van der Waals surface area contributed by atoms with E-state index in [1.54, 1.807) is 4.90 Å². The molecular formula is C20H23N3O6S. The number of non-ortho nitro benzene ring substituents is 1. The van der Waals surface area contributed by atoms with E-state index in [0.717, 1.165) is 17.7 Å². The Morgan fingerprint density at radius 3 is 2.53 bits per heavy atom. The third-order valence-electron chi connectivity index (χ3n) is 4.81. The molecule has 1 atom stereocenters. The van der Waals surface area contributed by atoms with Crippen LogP contribution in [0.25, 0.3) is 0 Å².